The molecule has 0 aromatic rings. The van der Waals surface area contributed by atoms with E-state index in [0.717, 1.165) is 19.3 Å². The number of carboxylic acid groups (broad SMARTS) is 1. The number of amides is 2. The first-order valence-electron chi connectivity index (χ1n) is 6.02. The van der Waals surface area contributed by atoms with Crippen LogP contribution in [0.25, 0.3) is 0 Å². The normalized spacial score (nSPS) is 23.5. The van der Waals surface area contributed by atoms with Gasteiger partial charge in [0.15, 0.2) is 0 Å². The van der Waals surface area contributed by atoms with Crippen molar-refractivity contribution < 1.29 is 19.4 Å². The molecular weight excluding hydrogens is 224 g/mol. The Morgan fingerprint density at radius 3 is 2.35 bits per heavy atom. The van der Waals surface area contributed by atoms with Gasteiger partial charge >= 0.3 is 12.0 Å². The minimum atomic E-state index is -1.16. The van der Waals surface area contributed by atoms with Gasteiger partial charge in [0.05, 0.1) is 0 Å². The monoisotopic (exact) mass is 242 g/mol. The first-order chi connectivity index (χ1) is 8.12. The Hall–Kier alpha value is -1.30. The Labute approximate surface area is 99.7 Å². The van der Waals surface area contributed by atoms with E-state index in [1.807, 2.05) is 0 Å². The third-order valence-electron chi connectivity index (χ3n) is 3.55. The SMILES string of the molecule is O=C(NC1CCC1)NC1(C(=O)O)CCOCC1. The number of carboxylic acids is 1. The van der Waals surface area contributed by atoms with Crippen LogP contribution >= 0.6 is 0 Å². The lowest BCUT2D eigenvalue weighted by Crippen LogP contribution is -2.61. The van der Waals surface area contributed by atoms with Crippen LogP contribution < -0.4 is 10.6 Å². The van der Waals surface area contributed by atoms with Gasteiger partial charge < -0.3 is 20.5 Å². The molecular formula is C11H18N2O4. The Kier molecular flexibility index (Phi) is 3.51. The summed E-state index contributed by atoms with van der Waals surface area (Å²) in [4.78, 5) is 23.0. The molecule has 1 heterocycles. The molecule has 17 heavy (non-hydrogen) atoms. The van der Waals surface area contributed by atoms with Crippen molar-refractivity contribution in [3.63, 3.8) is 0 Å². The highest BCUT2D eigenvalue weighted by atomic mass is 16.5. The number of carbonyl (C=O) groups is 2. The van der Waals surface area contributed by atoms with E-state index in [2.05, 4.69) is 10.6 Å². The maximum Gasteiger partial charge on any atom is 0.329 e. The summed E-state index contributed by atoms with van der Waals surface area (Å²) in [7, 11) is 0. The number of carbonyl (C=O) groups excluding carboxylic acids is 1. The highest BCUT2D eigenvalue weighted by Crippen LogP contribution is 2.22. The first kappa shape index (κ1) is 12.2. The second-order valence-corrected chi connectivity index (χ2v) is 4.73. The topological polar surface area (TPSA) is 87.7 Å². The lowest BCUT2D eigenvalue weighted by Gasteiger charge is -2.35. The summed E-state index contributed by atoms with van der Waals surface area (Å²) in [5.74, 6) is -0.982. The molecule has 96 valence electrons. The van der Waals surface area contributed by atoms with Crippen LogP contribution in [0.2, 0.25) is 0 Å². The van der Waals surface area contributed by atoms with E-state index in [9.17, 15) is 14.7 Å². The van der Waals surface area contributed by atoms with Gasteiger partial charge in [-0.1, -0.05) is 0 Å². The molecule has 1 saturated carbocycles. The standard InChI is InChI=1S/C11H18N2O4/c14-9(15)11(4-6-17-7-5-11)13-10(16)12-8-2-1-3-8/h8H,1-7H2,(H,14,15)(H2,12,13,16). The smallest absolute Gasteiger partial charge is 0.329 e. The third kappa shape index (κ3) is 2.69. The van der Waals surface area contributed by atoms with Crippen LogP contribution in [0.15, 0.2) is 0 Å². The van der Waals surface area contributed by atoms with Crippen LogP contribution in [-0.2, 0) is 9.53 Å². The molecule has 0 bridgehead atoms. The van der Waals surface area contributed by atoms with Crippen molar-refractivity contribution in [2.75, 3.05) is 13.2 Å². The molecule has 2 fully saturated rings. The summed E-state index contributed by atoms with van der Waals surface area (Å²) in [5.41, 5.74) is -1.16. The second-order valence-electron chi connectivity index (χ2n) is 4.73. The van der Waals surface area contributed by atoms with E-state index in [0.29, 0.717) is 26.1 Å². The summed E-state index contributed by atoms with van der Waals surface area (Å²) >= 11 is 0. The molecule has 3 N–H and O–H groups in total. The Balaban J connectivity index is 1.91. The lowest BCUT2D eigenvalue weighted by atomic mass is 9.90. The molecule has 0 aromatic heterocycles. The molecule has 0 unspecified atom stereocenters. The van der Waals surface area contributed by atoms with Crippen LogP contribution in [0.4, 0.5) is 4.79 Å². The molecule has 0 spiro atoms. The van der Waals surface area contributed by atoms with Gasteiger partial charge in [-0.15, -0.1) is 0 Å². The van der Waals surface area contributed by atoms with E-state index >= 15 is 0 Å². The summed E-state index contributed by atoms with van der Waals surface area (Å²) < 4.78 is 5.13. The predicted molar refractivity (Wildman–Crippen MR) is 59.7 cm³/mol. The number of ether oxygens (including phenoxy) is 1. The zero-order chi connectivity index (χ0) is 12.3. The fourth-order valence-electron chi connectivity index (χ4n) is 2.10. The number of aliphatic carboxylic acids is 1. The molecule has 0 atom stereocenters. The van der Waals surface area contributed by atoms with Gasteiger partial charge in [0.25, 0.3) is 0 Å². The van der Waals surface area contributed by atoms with Crippen molar-refractivity contribution in [2.45, 2.75) is 43.7 Å². The Bertz CT molecular complexity index is 309. The summed E-state index contributed by atoms with van der Waals surface area (Å²) in [5, 5.41) is 14.6. The van der Waals surface area contributed by atoms with Crippen LogP contribution in [0.1, 0.15) is 32.1 Å². The summed E-state index contributed by atoms with van der Waals surface area (Å²) in [6, 6.07) is -0.167. The van der Waals surface area contributed by atoms with Gasteiger partial charge in [-0.05, 0) is 19.3 Å². The zero-order valence-electron chi connectivity index (χ0n) is 9.70. The number of urea groups is 1. The van der Waals surface area contributed by atoms with E-state index in [1.165, 1.54) is 0 Å². The van der Waals surface area contributed by atoms with Crippen molar-refractivity contribution >= 4 is 12.0 Å². The van der Waals surface area contributed by atoms with Gasteiger partial charge in [0.1, 0.15) is 5.54 Å². The predicted octanol–water partition coefficient (Wildman–Crippen LogP) is 0.472. The van der Waals surface area contributed by atoms with Crippen LogP contribution in [0.3, 0.4) is 0 Å². The van der Waals surface area contributed by atoms with E-state index in [-0.39, 0.29) is 12.1 Å². The fourth-order valence-corrected chi connectivity index (χ4v) is 2.10. The van der Waals surface area contributed by atoms with E-state index in [1.54, 1.807) is 0 Å². The van der Waals surface area contributed by atoms with Gasteiger partial charge in [-0.25, -0.2) is 9.59 Å². The average Bonchev–Trinajstić information content (AvgIpc) is 2.25. The third-order valence-corrected chi connectivity index (χ3v) is 3.55. The van der Waals surface area contributed by atoms with Crippen molar-refractivity contribution in [3.05, 3.63) is 0 Å². The summed E-state index contributed by atoms with van der Waals surface area (Å²) in [6.45, 7) is 0.742. The minimum absolute atomic E-state index is 0.209. The number of hydrogen-bond donors (Lipinski definition) is 3. The maximum atomic E-state index is 11.7. The maximum absolute atomic E-state index is 11.7. The molecule has 2 rings (SSSR count). The zero-order valence-corrected chi connectivity index (χ0v) is 9.70. The van der Waals surface area contributed by atoms with Crippen LogP contribution in [-0.4, -0.2) is 41.9 Å². The highest BCUT2D eigenvalue weighted by molar-refractivity contribution is 5.86. The quantitative estimate of drug-likeness (QED) is 0.671. The van der Waals surface area contributed by atoms with Crippen molar-refractivity contribution in [3.8, 4) is 0 Å². The largest absolute Gasteiger partial charge is 0.480 e. The number of hydrogen-bond acceptors (Lipinski definition) is 3. The van der Waals surface area contributed by atoms with Gasteiger partial charge in [0.2, 0.25) is 0 Å². The second kappa shape index (κ2) is 4.91. The molecule has 1 saturated heterocycles. The van der Waals surface area contributed by atoms with E-state index < -0.39 is 11.5 Å². The van der Waals surface area contributed by atoms with Gasteiger partial charge in [-0.3, -0.25) is 0 Å². The molecule has 0 radical (unpaired) electrons. The van der Waals surface area contributed by atoms with Gasteiger partial charge in [-0.2, -0.15) is 0 Å². The molecule has 1 aliphatic heterocycles. The molecule has 6 heteroatoms. The minimum Gasteiger partial charge on any atom is -0.480 e. The molecule has 6 nitrogen and oxygen atoms in total. The average molecular weight is 242 g/mol. The summed E-state index contributed by atoms with van der Waals surface area (Å²) in [6.07, 6.45) is 3.73. The Morgan fingerprint density at radius 2 is 1.88 bits per heavy atom. The van der Waals surface area contributed by atoms with E-state index in [4.69, 9.17) is 4.74 Å². The molecule has 1 aliphatic carbocycles. The Morgan fingerprint density at radius 1 is 1.24 bits per heavy atom. The fraction of sp³-hybridized carbons (Fsp3) is 0.818. The van der Waals surface area contributed by atoms with Crippen molar-refractivity contribution in [2.24, 2.45) is 0 Å². The molecule has 2 aliphatic rings. The van der Waals surface area contributed by atoms with Gasteiger partial charge in [0, 0.05) is 32.1 Å². The molecule has 0 aromatic carbocycles. The lowest BCUT2D eigenvalue weighted by molar-refractivity contribution is -0.148. The van der Waals surface area contributed by atoms with Crippen molar-refractivity contribution in [1.29, 1.82) is 0 Å². The highest BCUT2D eigenvalue weighted by Gasteiger charge is 2.42. The first-order valence-corrected chi connectivity index (χ1v) is 6.02. The number of rotatable bonds is 3. The van der Waals surface area contributed by atoms with Crippen molar-refractivity contribution in [1.82, 2.24) is 10.6 Å². The molecule has 2 amide bonds. The van der Waals surface area contributed by atoms with Crippen LogP contribution in [0, 0.1) is 0 Å². The number of nitrogens with one attached hydrogen (secondary N) is 2. The van der Waals surface area contributed by atoms with Crippen LogP contribution in [0.5, 0.6) is 0 Å².